The lowest BCUT2D eigenvalue weighted by atomic mass is 10.1. The van der Waals surface area contributed by atoms with Crippen LogP contribution in [0.5, 0.6) is 0 Å². The van der Waals surface area contributed by atoms with Gasteiger partial charge in [-0.3, -0.25) is 0 Å². The molecular weight excluding hydrogens is 208 g/mol. The number of benzene rings is 2. The molecule has 0 amide bonds. The molecule has 0 aliphatic carbocycles. The van der Waals surface area contributed by atoms with E-state index < -0.39 is 0 Å². The molecule has 2 radical (unpaired) electrons. The second-order valence-corrected chi connectivity index (χ2v) is 3.63. The normalized spacial score (nSPS) is 10.2. The molecule has 2 aromatic carbocycles. The third-order valence-corrected chi connectivity index (χ3v) is 2.54. The minimum Gasteiger partial charge on any atom is -0.399 e. The highest BCUT2D eigenvalue weighted by Gasteiger charge is 1.98. The molecule has 1 aromatic heterocycles. The van der Waals surface area contributed by atoms with Gasteiger partial charge in [-0.1, -0.05) is 18.2 Å². The average Bonchev–Trinajstić information content (AvgIpc) is 2.26. The van der Waals surface area contributed by atoms with E-state index in [1.54, 1.807) is 0 Å². The number of fused-ring (bicyclic) bond motifs is 2. The van der Waals surface area contributed by atoms with Crippen LogP contribution in [0.25, 0.3) is 21.8 Å². The Morgan fingerprint density at radius 1 is 0.812 bits per heavy atom. The number of hydrogen-bond donors (Lipinski definition) is 1. The molecule has 3 rings (SSSR count). The first-order valence-corrected chi connectivity index (χ1v) is 4.88. The van der Waals surface area contributed by atoms with Crippen LogP contribution in [0.15, 0.2) is 48.5 Å². The first-order valence-electron chi connectivity index (χ1n) is 4.88. The fourth-order valence-electron chi connectivity index (χ4n) is 1.80. The van der Waals surface area contributed by atoms with Crippen LogP contribution in [0.2, 0.25) is 0 Å². The van der Waals surface area contributed by atoms with Crippen molar-refractivity contribution in [2.75, 3.05) is 5.73 Å². The number of nitrogen functional groups attached to an aromatic ring is 1. The van der Waals surface area contributed by atoms with Crippen molar-refractivity contribution >= 4 is 50.5 Å². The Morgan fingerprint density at radius 3 is 2.44 bits per heavy atom. The summed E-state index contributed by atoms with van der Waals surface area (Å²) in [5.74, 6) is 0. The van der Waals surface area contributed by atoms with Gasteiger partial charge >= 0.3 is 0 Å². The van der Waals surface area contributed by atoms with E-state index in [4.69, 9.17) is 5.73 Å². The van der Waals surface area contributed by atoms with Crippen molar-refractivity contribution in [3.63, 3.8) is 0 Å². The first kappa shape index (κ1) is 11.2. The van der Waals surface area contributed by atoms with E-state index in [1.807, 2.05) is 36.4 Å². The maximum absolute atomic E-state index is 5.74. The summed E-state index contributed by atoms with van der Waals surface area (Å²) < 4.78 is 0. The van der Waals surface area contributed by atoms with Crippen LogP contribution in [0.4, 0.5) is 5.69 Å². The Morgan fingerprint density at radius 2 is 1.56 bits per heavy atom. The zero-order valence-corrected chi connectivity index (χ0v) is 10.3. The number of para-hydroxylation sites is 1. The monoisotopic (exact) mass is 218 g/mol. The molecule has 0 spiro atoms. The summed E-state index contributed by atoms with van der Waals surface area (Å²) in [6, 6.07) is 16.0. The van der Waals surface area contributed by atoms with E-state index in [1.165, 1.54) is 0 Å². The van der Waals surface area contributed by atoms with E-state index in [2.05, 4.69) is 17.1 Å². The van der Waals surface area contributed by atoms with Crippen LogP contribution in [-0.2, 0) is 0 Å². The van der Waals surface area contributed by atoms with Gasteiger partial charge in [-0.2, -0.15) is 0 Å². The molecular formula is C13H10MgN2. The minimum absolute atomic E-state index is 0. The zero-order chi connectivity index (χ0) is 10.3. The third-order valence-electron chi connectivity index (χ3n) is 2.54. The summed E-state index contributed by atoms with van der Waals surface area (Å²) in [5.41, 5.74) is 8.53. The summed E-state index contributed by atoms with van der Waals surface area (Å²) in [5, 5.41) is 2.24. The SMILES string of the molecule is Nc1ccc2nc3ccccc3cc2c1.[Mg]. The average molecular weight is 219 g/mol. The summed E-state index contributed by atoms with van der Waals surface area (Å²) in [7, 11) is 0. The second-order valence-electron chi connectivity index (χ2n) is 3.63. The standard InChI is InChI=1S/C13H10N2.Mg/c14-11-5-6-13-10(8-11)7-9-3-1-2-4-12(9)15-13;/h1-8H,14H2;. The van der Waals surface area contributed by atoms with Gasteiger partial charge in [0.25, 0.3) is 0 Å². The minimum atomic E-state index is 0. The van der Waals surface area contributed by atoms with Gasteiger partial charge in [0.1, 0.15) is 0 Å². The van der Waals surface area contributed by atoms with E-state index in [0.717, 1.165) is 27.5 Å². The van der Waals surface area contributed by atoms with Crippen LogP contribution < -0.4 is 5.73 Å². The van der Waals surface area contributed by atoms with Crippen LogP contribution >= 0.6 is 0 Å². The van der Waals surface area contributed by atoms with Crippen molar-refractivity contribution in [3.05, 3.63) is 48.5 Å². The van der Waals surface area contributed by atoms with Crippen molar-refractivity contribution < 1.29 is 0 Å². The predicted octanol–water partition coefficient (Wildman–Crippen LogP) is 2.59. The van der Waals surface area contributed by atoms with Gasteiger partial charge in [-0.05, 0) is 30.3 Å². The van der Waals surface area contributed by atoms with Gasteiger partial charge in [0.15, 0.2) is 0 Å². The maximum Gasteiger partial charge on any atom is 0.0711 e. The van der Waals surface area contributed by atoms with Crippen LogP contribution in [-0.4, -0.2) is 28.0 Å². The molecule has 0 aliphatic rings. The fourth-order valence-corrected chi connectivity index (χ4v) is 1.80. The molecule has 16 heavy (non-hydrogen) atoms. The number of aromatic nitrogens is 1. The van der Waals surface area contributed by atoms with Crippen LogP contribution in [0.1, 0.15) is 0 Å². The number of anilines is 1. The molecule has 0 bridgehead atoms. The third kappa shape index (κ3) is 1.84. The number of pyridine rings is 1. The van der Waals surface area contributed by atoms with E-state index in [-0.39, 0.29) is 23.1 Å². The van der Waals surface area contributed by atoms with Crippen molar-refractivity contribution in [2.45, 2.75) is 0 Å². The molecule has 2 nitrogen and oxygen atoms in total. The lowest BCUT2D eigenvalue weighted by molar-refractivity contribution is 1.50. The largest absolute Gasteiger partial charge is 0.399 e. The van der Waals surface area contributed by atoms with Gasteiger partial charge in [0.05, 0.1) is 11.0 Å². The van der Waals surface area contributed by atoms with Crippen LogP contribution in [0, 0.1) is 0 Å². The highest BCUT2D eigenvalue weighted by molar-refractivity contribution is 5.93. The Bertz CT molecular complexity index is 650. The Labute approximate surface area is 110 Å². The van der Waals surface area contributed by atoms with Gasteiger partial charge in [-0.25, -0.2) is 4.98 Å². The molecule has 2 N–H and O–H groups in total. The molecule has 3 aromatic rings. The number of rotatable bonds is 0. The summed E-state index contributed by atoms with van der Waals surface area (Å²) in [4.78, 5) is 4.56. The Kier molecular flexibility index (Phi) is 2.98. The lowest BCUT2D eigenvalue weighted by Gasteiger charge is -2.01. The zero-order valence-electron chi connectivity index (χ0n) is 8.85. The summed E-state index contributed by atoms with van der Waals surface area (Å²) in [6.07, 6.45) is 0. The summed E-state index contributed by atoms with van der Waals surface area (Å²) >= 11 is 0. The molecule has 0 saturated heterocycles. The van der Waals surface area contributed by atoms with Crippen molar-refractivity contribution in [2.24, 2.45) is 0 Å². The van der Waals surface area contributed by atoms with Gasteiger partial charge in [0, 0.05) is 39.5 Å². The molecule has 0 fully saturated rings. The van der Waals surface area contributed by atoms with Gasteiger partial charge in [0.2, 0.25) is 0 Å². The predicted molar refractivity (Wildman–Crippen MR) is 69.4 cm³/mol. The summed E-state index contributed by atoms with van der Waals surface area (Å²) in [6.45, 7) is 0. The first-order chi connectivity index (χ1) is 7.33. The van der Waals surface area contributed by atoms with E-state index >= 15 is 0 Å². The molecule has 74 valence electrons. The topological polar surface area (TPSA) is 38.9 Å². The van der Waals surface area contributed by atoms with E-state index in [9.17, 15) is 0 Å². The Hall–Kier alpha value is -1.32. The molecule has 0 saturated carbocycles. The quantitative estimate of drug-likeness (QED) is 0.358. The molecule has 0 aliphatic heterocycles. The fraction of sp³-hybridized carbons (Fsp3) is 0. The second kappa shape index (κ2) is 4.27. The van der Waals surface area contributed by atoms with Crippen molar-refractivity contribution in [1.29, 1.82) is 0 Å². The highest BCUT2D eigenvalue weighted by atomic mass is 24.3. The maximum atomic E-state index is 5.74. The Balaban J connectivity index is 0.000000963. The molecule has 3 heteroatoms. The van der Waals surface area contributed by atoms with Crippen molar-refractivity contribution in [3.8, 4) is 0 Å². The number of nitrogens with zero attached hydrogens (tertiary/aromatic N) is 1. The molecule has 0 unspecified atom stereocenters. The van der Waals surface area contributed by atoms with Gasteiger partial charge in [-0.15, -0.1) is 0 Å². The lowest BCUT2D eigenvalue weighted by Crippen LogP contribution is -1.86. The molecule has 0 atom stereocenters. The smallest absolute Gasteiger partial charge is 0.0711 e. The number of hydrogen-bond acceptors (Lipinski definition) is 2. The van der Waals surface area contributed by atoms with Crippen molar-refractivity contribution in [1.82, 2.24) is 4.98 Å². The van der Waals surface area contributed by atoms with E-state index in [0.29, 0.717) is 0 Å². The molecule has 1 heterocycles. The highest BCUT2D eigenvalue weighted by Crippen LogP contribution is 2.21. The van der Waals surface area contributed by atoms with Crippen LogP contribution in [0.3, 0.4) is 0 Å². The van der Waals surface area contributed by atoms with Gasteiger partial charge < -0.3 is 5.73 Å². The number of nitrogens with two attached hydrogens (primary N) is 1.